The Kier molecular flexibility index (Phi) is 5.11. The van der Waals surface area contributed by atoms with Crippen LogP contribution in [0.3, 0.4) is 0 Å². The second kappa shape index (κ2) is 5.77. The largest absolute Gasteiger partial charge is 0.351 e. The average Bonchev–Trinajstić information content (AvgIpc) is 2.49. The van der Waals surface area contributed by atoms with Crippen molar-refractivity contribution in [2.45, 2.75) is 69.7 Å². The Morgan fingerprint density at radius 1 is 1.47 bits per heavy atom. The lowest BCUT2D eigenvalue weighted by molar-refractivity contribution is -0.149. The highest BCUT2D eigenvalue weighted by Gasteiger charge is 2.50. The van der Waals surface area contributed by atoms with Crippen LogP contribution >= 0.6 is 23.2 Å². The summed E-state index contributed by atoms with van der Waals surface area (Å²) in [5.41, 5.74) is -0.575. The van der Waals surface area contributed by atoms with E-state index in [0.29, 0.717) is 0 Å². The predicted molar refractivity (Wildman–Crippen MR) is 70.3 cm³/mol. The number of alkyl halides is 2. The third-order valence-electron chi connectivity index (χ3n) is 3.40. The number of hydrogen-bond acceptors (Lipinski definition) is 2. The van der Waals surface area contributed by atoms with Crippen LogP contribution in [0.25, 0.3) is 0 Å². The van der Waals surface area contributed by atoms with E-state index in [0.717, 1.165) is 19.3 Å². The smallest absolute Gasteiger partial charge is 0.258 e. The number of carbonyl (C=O) groups excluding carboxylic acids is 1. The Labute approximate surface area is 113 Å². The summed E-state index contributed by atoms with van der Waals surface area (Å²) in [6.07, 6.45) is 2.67. The summed E-state index contributed by atoms with van der Waals surface area (Å²) in [6, 6.07) is 0.0176. The van der Waals surface area contributed by atoms with Gasteiger partial charge in [0.2, 0.25) is 0 Å². The van der Waals surface area contributed by atoms with E-state index in [1.54, 1.807) is 4.90 Å². The number of hydrogen-bond donors (Lipinski definition) is 0. The maximum absolute atomic E-state index is 12.1. The van der Waals surface area contributed by atoms with Gasteiger partial charge in [-0.3, -0.25) is 4.79 Å². The highest BCUT2D eigenvalue weighted by atomic mass is 35.5. The van der Waals surface area contributed by atoms with Gasteiger partial charge in [-0.2, -0.15) is 0 Å². The summed E-state index contributed by atoms with van der Waals surface area (Å²) in [6.45, 7) is 8.06. The number of ether oxygens (including phenoxy) is 1. The first-order valence-electron chi connectivity index (χ1n) is 6.16. The van der Waals surface area contributed by atoms with Crippen molar-refractivity contribution in [3.63, 3.8) is 0 Å². The van der Waals surface area contributed by atoms with Crippen molar-refractivity contribution < 1.29 is 9.53 Å². The second-order valence-corrected chi connectivity index (χ2v) is 5.84. The molecule has 0 aromatic heterocycles. The molecule has 0 saturated carbocycles. The maximum atomic E-state index is 12.1. The molecule has 17 heavy (non-hydrogen) atoms. The number of carbonyl (C=O) groups is 1. The topological polar surface area (TPSA) is 29.5 Å². The van der Waals surface area contributed by atoms with Crippen LogP contribution in [0.4, 0.5) is 0 Å². The van der Waals surface area contributed by atoms with Crippen molar-refractivity contribution in [1.82, 2.24) is 4.90 Å². The van der Waals surface area contributed by atoms with E-state index in [-0.39, 0.29) is 18.1 Å². The molecule has 3 unspecified atom stereocenters. The Morgan fingerprint density at radius 2 is 2.06 bits per heavy atom. The van der Waals surface area contributed by atoms with Crippen molar-refractivity contribution in [1.29, 1.82) is 0 Å². The van der Waals surface area contributed by atoms with Crippen molar-refractivity contribution in [3.05, 3.63) is 0 Å². The van der Waals surface area contributed by atoms with E-state index >= 15 is 0 Å². The van der Waals surface area contributed by atoms with E-state index < -0.39 is 10.6 Å². The molecule has 3 nitrogen and oxygen atoms in total. The molecule has 1 rings (SSSR count). The molecule has 5 heteroatoms. The van der Waals surface area contributed by atoms with Crippen molar-refractivity contribution >= 4 is 29.1 Å². The first-order chi connectivity index (χ1) is 7.87. The fourth-order valence-electron chi connectivity index (χ4n) is 2.69. The Bertz CT molecular complexity index is 286. The van der Waals surface area contributed by atoms with Crippen LogP contribution in [0, 0.1) is 0 Å². The van der Waals surface area contributed by atoms with Gasteiger partial charge in [0.15, 0.2) is 4.84 Å². The molecule has 1 saturated heterocycles. The third-order valence-corrected chi connectivity index (χ3v) is 3.77. The van der Waals surface area contributed by atoms with Crippen LogP contribution in [0.15, 0.2) is 0 Å². The first-order valence-corrected chi connectivity index (χ1v) is 7.03. The summed E-state index contributed by atoms with van der Waals surface area (Å²) in [7, 11) is 0. The van der Waals surface area contributed by atoms with Gasteiger partial charge in [0.1, 0.15) is 5.72 Å². The lowest BCUT2D eigenvalue weighted by Crippen LogP contribution is -2.51. The summed E-state index contributed by atoms with van der Waals surface area (Å²) in [5, 5.41) is 0. The molecule has 1 heterocycles. The van der Waals surface area contributed by atoms with Crippen LogP contribution in [-0.2, 0) is 9.53 Å². The molecule has 100 valence electrons. The molecule has 0 N–H and O–H groups in total. The molecule has 3 atom stereocenters. The molecule has 0 aliphatic carbocycles. The molecule has 1 amide bonds. The Hall–Kier alpha value is 0.01000. The molecule has 0 aromatic carbocycles. The van der Waals surface area contributed by atoms with Gasteiger partial charge >= 0.3 is 0 Å². The third kappa shape index (κ3) is 2.88. The van der Waals surface area contributed by atoms with E-state index in [1.807, 2.05) is 13.8 Å². The molecule has 0 bridgehead atoms. The van der Waals surface area contributed by atoms with Crippen LogP contribution in [0.5, 0.6) is 0 Å². The average molecular weight is 282 g/mol. The SMILES string of the molecule is CCCC1(C)OC(CC)C(C)N1C(=O)C(Cl)Cl. The van der Waals surface area contributed by atoms with Gasteiger partial charge in [-0.1, -0.05) is 43.5 Å². The van der Waals surface area contributed by atoms with Crippen molar-refractivity contribution in [2.75, 3.05) is 0 Å². The normalized spacial score (nSPS) is 33.5. The fraction of sp³-hybridized carbons (Fsp3) is 0.917. The van der Waals surface area contributed by atoms with Gasteiger partial charge < -0.3 is 9.64 Å². The fourth-order valence-corrected chi connectivity index (χ4v) is 2.90. The molecular formula is C12H21Cl2NO2. The van der Waals surface area contributed by atoms with Gasteiger partial charge in [0.25, 0.3) is 5.91 Å². The molecule has 1 fully saturated rings. The summed E-state index contributed by atoms with van der Waals surface area (Å²) < 4.78 is 6.02. The van der Waals surface area contributed by atoms with Gasteiger partial charge in [-0.15, -0.1) is 0 Å². The minimum absolute atomic E-state index is 0.0176. The van der Waals surface area contributed by atoms with E-state index in [1.165, 1.54) is 0 Å². The number of amides is 1. The lowest BCUT2D eigenvalue weighted by atomic mass is 10.1. The minimum atomic E-state index is -1.02. The van der Waals surface area contributed by atoms with Crippen molar-refractivity contribution in [2.24, 2.45) is 0 Å². The number of halogens is 2. The number of nitrogens with zero attached hydrogens (tertiary/aromatic N) is 1. The highest BCUT2D eigenvalue weighted by molar-refractivity contribution is 6.53. The molecule has 0 radical (unpaired) electrons. The standard InChI is InChI=1S/C12H21Cl2NO2/c1-5-7-12(4)15(11(16)10(13)14)8(3)9(6-2)17-12/h8-10H,5-7H2,1-4H3. The molecule has 1 aliphatic rings. The van der Waals surface area contributed by atoms with Crippen molar-refractivity contribution in [3.8, 4) is 0 Å². The van der Waals surface area contributed by atoms with Crippen LogP contribution < -0.4 is 0 Å². The van der Waals surface area contributed by atoms with Crippen LogP contribution in [0.2, 0.25) is 0 Å². The minimum Gasteiger partial charge on any atom is -0.351 e. The number of rotatable bonds is 4. The van der Waals surface area contributed by atoms with Crippen LogP contribution in [-0.4, -0.2) is 33.5 Å². The quantitative estimate of drug-likeness (QED) is 0.740. The highest BCUT2D eigenvalue weighted by Crippen LogP contribution is 2.38. The van der Waals surface area contributed by atoms with E-state index in [2.05, 4.69) is 13.8 Å². The zero-order valence-corrected chi connectivity index (χ0v) is 12.4. The van der Waals surface area contributed by atoms with Gasteiger partial charge in [-0.05, 0) is 26.7 Å². The summed E-state index contributed by atoms with van der Waals surface area (Å²) in [4.78, 5) is 12.8. The summed E-state index contributed by atoms with van der Waals surface area (Å²) in [5.74, 6) is -0.257. The van der Waals surface area contributed by atoms with Gasteiger partial charge in [0.05, 0.1) is 12.1 Å². The van der Waals surface area contributed by atoms with E-state index in [9.17, 15) is 4.79 Å². The lowest BCUT2D eigenvalue weighted by Gasteiger charge is -2.35. The van der Waals surface area contributed by atoms with Crippen LogP contribution in [0.1, 0.15) is 47.0 Å². The molecule has 0 spiro atoms. The maximum Gasteiger partial charge on any atom is 0.258 e. The summed E-state index contributed by atoms with van der Waals surface area (Å²) >= 11 is 11.4. The van der Waals surface area contributed by atoms with Gasteiger partial charge in [0, 0.05) is 0 Å². The zero-order valence-electron chi connectivity index (χ0n) is 10.9. The Morgan fingerprint density at radius 3 is 2.47 bits per heavy atom. The molecular weight excluding hydrogens is 261 g/mol. The molecule has 0 aromatic rings. The monoisotopic (exact) mass is 281 g/mol. The first kappa shape index (κ1) is 15.1. The zero-order chi connectivity index (χ0) is 13.2. The Balaban J connectivity index is 2.98. The predicted octanol–water partition coefficient (Wildman–Crippen LogP) is 3.33. The van der Waals surface area contributed by atoms with Gasteiger partial charge in [-0.25, -0.2) is 0 Å². The second-order valence-electron chi connectivity index (χ2n) is 4.74. The molecule has 1 aliphatic heterocycles. The van der Waals surface area contributed by atoms with E-state index in [4.69, 9.17) is 27.9 Å².